The summed E-state index contributed by atoms with van der Waals surface area (Å²) in [4.78, 5) is 6.15. The van der Waals surface area contributed by atoms with Crippen molar-refractivity contribution in [2.24, 2.45) is 0 Å². The normalized spacial score (nSPS) is 22.4. The molecule has 1 aliphatic rings. The molecule has 0 saturated heterocycles. The maximum atomic E-state index is 3.69. The molecule has 2 aromatic carbocycles. The smallest absolute Gasteiger partial charge is 0.0459 e. The zero-order valence-electron chi connectivity index (χ0n) is 12.5. The van der Waals surface area contributed by atoms with Gasteiger partial charge in [0.2, 0.25) is 0 Å². The SMILES string of the molecule is C[C@H]1[C@H](c2ccccc2)c2[nH]c3ccccc3c2CN1C. The van der Waals surface area contributed by atoms with Crippen molar-refractivity contribution in [3.8, 4) is 0 Å². The first-order chi connectivity index (χ1) is 10.3. The van der Waals surface area contributed by atoms with Crippen LogP contribution in [0.5, 0.6) is 0 Å². The van der Waals surface area contributed by atoms with Crippen LogP contribution in [-0.4, -0.2) is 23.0 Å². The van der Waals surface area contributed by atoms with Gasteiger partial charge in [0.25, 0.3) is 0 Å². The van der Waals surface area contributed by atoms with Crippen molar-refractivity contribution in [3.05, 3.63) is 71.4 Å². The Bertz CT molecular complexity index is 773. The van der Waals surface area contributed by atoms with E-state index in [0.29, 0.717) is 12.0 Å². The Balaban J connectivity index is 1.96. The van der Waals surface area contributed by atoms with Crippen molar-refractivity contribution < 1.29 is 0 Å². The van der Waals surface area contributed by atoms with Gasteiger partial charge in [-0.2, -0.15) is 0 Å². The Morgan fingerprint density at radius 2 is 1.71 bits per heavy atom. The van der Waals surface area contributed by atoms with Gasteiger partial charge in [0, 0.05) is 35.1 Å². The molecule has 2 heterocycles. The summed E-state index contributed by atoms with van der Waals surface area (Å²) >= 11 is 0. The topological polar surface area (TPSA) is 19.0 Å². The third kappa shape index (κ3) is 1.90. The van der Waals surface area contributed by atoms with Crippen molar-refractivity contribution >= 4 is 10.9 Å². The largest absolute Gasteiger partial charge is 0.358 e. The highest BCUT2D eigenvalue weighted by molar-refractivity contribution is 5.85. The summed E-state index contributed by atoms with van der Waals surface area (Å²) in [5.41, 5.74) is 5.50. The molecule has 1 aliphatic heterocycles. The van der Waals surface area contributed by atoms with E-state index < -0.39 is 0 Å². The first-order valence-corrected chi connectivity index (χ1v) is 7.60. The summed E-state index contributed by atoms with van der Waals surface area (Å²) in [5.74, 6) is 0.410. The molecule has 0 bridgehead atoms. The molecule has 0 amide bonds. The van der Waals surface area contributed by atoms with Gasteiger partial charge in [-0.05, 0) is 31.2 Å². The second kappa shape index (κ2) is 4.74. The molecule has 0 saturated carbocycles. The van der Waals surface area contributed by atoms with Crippen LogP contribution in [0.2, 0.25) is 0 Å². The van der Waals surface area contributed by atoms with Crippen LogP contribution in [0.4, 0.5) is 0 Å². The number of fused-ring (bicyclic) bond motifs is 3. The standard InChI is InChI=1S/C19H20N2/c1-13-18(14-8-4-3-5-9-14)19-16(12-21(13)2)15-10-6-7-11-17(15)20-19/h3-11,13,18,20H,12H2,1-2H3/t13-,18+/m0/s1. The molecule has 106 valence electrons. The molecular weight excluding hydrogens is 256 g/mol. The Morgan fingerprint density at radius 3 is 2.52 bits per heavy atom. The minimum atomic E-state index is 0.410. The predicted octanol–water partition coefficient (Wildman–Crippen LogP) is 4.13. The van der Waals surface area contributed by atoms with Crippen LogP contribution >= 0.6 is 0 Å². The number of H-pyrrole nitrogens is 1. The van der Waals surface area contributed by atoms with E-state index in [1.807, 2.05) is 0 Å². The summed E-state index contributed by atoms with van der Waals surface area (Å²) in [5, 5.41) is 1.37. The van der Waals surface area contributed by atoms with Crippen molar-refractivity contribution in [3.63, 3.8) is 0 Å². The number of para-hydroxylation sites is 1. The van der Waals surface area contributed by atoms with Crippen LogP contribution in [0.15, 0.2) is 54.6 Å². The fourth-order valence-corrected chi connectivity index (χ4v) is 3.65. The number of benzene rings is 2. The highest BCUT2D eigenvalue weighted by atomic mass is 15.1. The number of rotatable bonds is 1. The lowest BCUT2D eigenvalue weighted by Crippen LogP contribution is -2.39. The van der Waals surface area contributed by atoms with Gasteiger partial charge in [0.1, 0.15) is 0 Å². The number of hydrogen-bond donors (Lipinski definition) is 1. The molecule has 0 radical (unpaired) electrons. The summed E-state index contributed by atoms with van der Waals surface area (Å²) in [6.45, 7) is 3.34. The first-order valence-electron chi connectivity index (χ1n) is 7.60. The molecule has 2 nitrogen and oxygen atoms in total. The number of nitrogens with zero attached hydrogens (tertiary/aromatic N) is 1. The van der Waals surface area contributed by atoms with Crippen molar-refractivity contribution in [2.75, 3.05) is 7.05 Å². The lowest BCUT2D eigenvalue weighted by molar-refractivity contribution is 0.211. The van der Waals surface area contributed by atoms with E-state index in [1.54, 1.807) is 0 Å². The molecule has 4 rings (SSSR count). The molecule has 2 heteroatoms. The number of aromatic nitrogens is 1. The zero-order chi connectivity index (χ0) is 14.4. The Labute approximate surface area is 125 Å². The molecule has 1 aromatic heterocycles. The molecule has 0 unspecified atom stereocenters. The second-order valence-corrected chi connectivity index (χ2v) is 6.11. The van der Waals surface area contributed by atoms with Crippen molar-refractivity contribution in [1.29, 1.82) is 0 Å². The number of likely N-dealkylation sites (N-methyl/N-ethyl adjacent to an activating group) is 1. The molecule has 0 spiro atoms. The van der Waals surface area contributed by atoms with Gasteiger partial charge in [-0.3, -0.25) is 4.90 Å². The monoisotopic (exact) mass is 276 g/mol. The van der Waals surface area contributed by atoms with Crippen LogP contribution in [0.25, 0.3) is 10.9 Å². The summed E-state index contributed by atoms with van der Waals surface area (Å²) in [6, 6.07) is 20.0. The van der Waals surface area contributed by atoms with E-state index in [2.05, 4.69) is 78.5 Å². The van der Waals surface area contributed by atoms with Gasteiger partial charge in [0.05, 0.1) is 0 Å². The zero-order valence-corrected chi connectivity index (χ0v) is 12.5. The van der Waals surface area contributed by atoms with E-state index in [9.17, 15) is 0 Å². The maximum absolute atomic E-state index is 3.69. The molecule has 1 N–H and O–H groups in total. The van der Waals surface area contributed by atoms with Crippen molar-refractivity contribution in [2.45, 2.75) is 25.4 Å². The highest BCUT2D eigenvalue weighted by Gasteiger charge is 2.33. The molecule has 0 fully saturated rings. The van der Waals surface area contributed by atoms with Crippen LogP contribution < -0.4 is 0 Å². The lowest BCUT2D eigenvalue weighted by atomic mass is 9.83. The third-order valence-electron chi connectivity index (χ3n) is 4.90. The van der Waals surface area contributed by atoms with E-state index in [1.165, 1.54) is 27.7 Å². The Morgan fingerprint density at radius 1 is 1.00 bits per heavy atom. The first kappa shape index (κ1) is 12.7. The van der Waals surface area contributed by atoms with E-state index in [4.69, 9.17) is 0 Å². The van der Waals surface area contributed by atoms with Gasteiger partial charge in [-0.15, -0.1) is 0 Å². The van der Waals surface area contributed by atoms with Crippen LogP contribution in [-0.2, 0) is 6.54 Å². The van der Waals surface area contributed by atoms with Gasteiger partial charge < -0.3 is 4.98 Å². The number of nitrogens with one attached hydrogen (secondary N) is 1. The lowest BCUT2D eigenvalue weighted by Gasteiger charge is -2.37. The average Bonchev–Trinajstić information content (AvgIpc) is 2.87. The summed E-state index contributed by atoms with van der Waals surface area (Å²) < 4.78 is 0. The second-order valence-electron chi connectivity index (χ2n) is 6.11. The minimum absolute atomic E-state index is 0.410. The highest BCUT2D eigenvalue weighted by Crippen LogP contribution is 2.40. The van der Waals surface area contributed by atoms with Crippen LogP contribution in [0.1, 0.15) is 29.7 Å². The molecule has 0 aliphatic carbocycles. The van der Waals surface area contributed by atoms with E-state index in [-0.39, 0.29) is 0 Å². The maximum Gasteiger partial charge on any atom is 0.0459 e. The third-order valence-corrected chi connectivity index (χ3v) is 4.90. The fraction of sp³-hybridized carbons (Fsp3) is 0.263. The van der Waals surface area contributed by atoms with Gasteiger partial charge in [-0.25, -0.2) is 0 Å². The fourth-order valence-electron chi connectivity index (χ4n) is 3.65. The number of aromatic amines is 1. The average molecular weight is 276 g/mol. The summed E-state index contributed by atoms with van der Waals surface area (Å²) in [6.07, 6.45) is 0. The van der Waals surface area contributed by atoms with Crippen LogP contribution in [0.3, 0.4) is 0 Å². The van der Waals surface area contributed by atoms with Crippen molar-refractivity contribution in [1.82, 2.24) is 9.88 Å². The Kier molecular flexibility index (Phi) is 2.86. The minimum Gasteiger partial charge on any atom is -0.358 e. The van der Waals surface area contributed by atoms with Crippen LogP contribution in [0, 0.1) is 0 Å². The molecule has 3 aromatic rings. The Hall–Kier alpha value is -2.06. The molecule has 2 atom stereocenters. The predicted molar refractivity (Wildman–Crippen MR) is 87.5 cm³/mol. The van der Waals surface area contributed by atoms with E-state index in [0.717, 1.165) is 6.54 Å². The van der Waals surface area contributed by atoms with Gasteiger partial charge in [-0.1, -0.05) is 48.5 Å². The van der Waals surface area contributed by atoms with Gasteiger partial charge in [0.15, 0.2) is 0 Å². The molecule has 21 heavy (non-hydrogen) atoms. The molecular formula is C19H20N2. The van der Waals surface area contributed by atoms with E-state index >= 15 is 0 Å². The number of hydrogen-bond acceptors (Lipinski definition) is 1. The quantitative estimate of drug-likeness (QED) is 0.708. The summed E-state index contributed by atoms with van der Waals surface area (Å²) in [7, 11) is 2.23. The van der Waals surface area contributed by atoms with Gasteiger partial charge >= 0.3 is 0 Å².